The summed E-state index contributed by atoms with van der Waals surface area (Å²) in [5.41, 5.74) is 5.45. The van der Waals surface area contributed by atoms with Gasteiger partial charge in [-0.25, -0.2) is 5.43 Å². The number of nitrogens with one attached hydrogen (secondary N) is 1. The molecule has 1 aliphatic carbocycles. The summed E-state index contributed by atoms with van der Waals surface area (Å²) < 4.78 is 0. The Morgan fingerprint density at radius 3 is 2.62 bits per heavy atom. The van der Waals surface area contributed by atoms with Crippen molar-refractivity contribution in [1.82, 2.24) is 5.43 Å². The average Bonchev–Trinajstić information content (AvgIpc) is 2.73. The van der Waals surface area contributed by atoms with Gasteiger partial charge < -0.3 is 0 Å². The van der Waals surface area contributed by atoms with Gasteiger partial charge in [0, 0.05) is 5.56 Å². The highest BCUT2D eigenvalue weighted by Gasteiger charge is 2.08. The van der Waals surface area contributed by atoms with Crippen molar-refractivity contribution < 1.29 is 4.79 Å². The lowest BCUT2D eigenvalue weighted by molar-refractivity contribution is 0.0955. The van der Waals surface area contributed by atoms with Crippen LogP contribution in [0.1, 0.15) is 30.1 Å². The van der Waals surface area contributed by atoms with Crippen molar-refractivity contribution in [3.63, 3.8) is 0 Å². The van der Waals surface area contributed by atoms with Crippen LogP contribution < -0.4 is 5.43 Å². The van der Waals surface area contributed by atoms with Gasteiger partial charge in [0.1, 0.15) is 0 Å². The van der Waals surface area contributed by atoms with Crippen LogP contribution in [0.4, 0.5) is 0 Å². The van der Waals surface area contributed by atoms with Crippen molar-refractivity contribution in [3.8, 4) is 0 Å². The molecule has 0 saturated heterocycles. The number of allylic oxidation sites excluding steroid dienone is 2. The van der Waals surface area contributed by atoms with E-state index in [1.807, 2.05) is 24.3 Å². The molecule has 0 radical (unpaired) electrons. The number of carbonyl (C=O) groups excluding carboxylic acids is 1. The van der Waals surface area contributed by atoms with Crippen LogP contribution in [0.5, 0.6) is 0 Å². The predicted molar refractivity (Wildman–Crippen MR) is 64.3 cm³/mol. The van der Waals surface area contributed by atoms with Crippen molar-refractivity contribution in [2.24, 2.45) is 5.10 Å². The lowest BCUT2D eigenvalue weighted by Gasteiger charge is -1.99. The van der Waals surface area contributed by atoms with Crippen LogP contribution >= 0.6 is 0 Å². The lowest BCUT2D eigenvalue weighted by Crippen LogP contribution is -2.18. The highest BCUT2D eigenvalue weighted by Crippen LogP contribution is 2.14. The van der Waals surface area contributed by atoms with Gasteiger partial charge in [0.2, 0.25) is 0 Å². The number of carbonyl (C=O) groups is 1. The Kier molecular flexibility index (Phi) is 3.15. The second-order valence-corrected chi connectivity index (χ2v) is 3.90. The van der Waals surface area contributed by atoms with Gasteiger partial charge in [-0.1, -0.05) is 23.8 Å². The van der Waals surface area contributed by atoms with Crippen LogP contribution in [0.2, 0.25) is 0 Å². The molecule has 0 atom stereocenters. The molecule has 3 heteroatoms. The number of hydrazone groups is 1. The van der Waals surface area contributed by atoms with Crippen LogP contribution in [-0.4, -0.2) is 11.6 Å². The molecule has 2 rings (SSSR count). The first-order valence-electron chi connectivity index (χ1n) is 5.35. The van der Waals surface area contributed by atoms with Crippen LogP contribution in [0, 0.1) is 0 Å². The van der Waals surface area contributed by atoms with E-state index in [9.17, 15) is 4.79 Å². The van der Waals surface area contributed by atoms with Gasteiger partial charge in [0.25, 0.3) is 5.91 Å². The third-order valence-electron chi connectivity index (χ3n) is 2.53. The summed E-state index contributed by atoms with van der Waals surface area (Å²) in [4.78, 5) is 11.6. The van der Waals surface area contributed by atoms with Crippen molar-refractivity contribution >= 4 is 11.6 Å². The minimum atomic E-state index is -0.161. The molecule has 1 N–H and O–H groups in total. The first-order valence-corrected chi connectivity index (χ1v) is 5.35. The number of nitrogens with zero attached hydrogens (tertiary/aromatic N) is 1. The Hall–Kier alpha value is -1.90. The van der Waals surface area contributed by atoms with Gasteiger partial charge >= 0.3 is 0 Å². The molecule has 1 aliphatic rings. The van der Waals surface area contributed by atoms with Crippen molar-refractivity contribution in [1.29, 1.82) is 0 Å². The molecule has 0 spiro atoms. The Morgan fingerprint density at radius 1 is 1.25 bits per heavy atom. The highest BCUT2D eigenvalue weighted by atomic mass is 16.2. The van der Waals surface area contributed by atoms with E-state index in [-0.39, 0.29) is 5.91 Å². The Morgan fingerprint density at radius 2 is 2.00 bits per heavy atom. The van der Waals surface area contributed by atoms with Crippen LogP contribution in [-0.2, 0) is 0 Å². The molecule has 0 aromatic heterocycles. The van der Waals surface area contributed by atoms with Gasteiger partial charge in [0.05, 0.1) is 5.71 Å². The first kappa shape index (κ1) is 10.6. The van der Waals surface area contributed by atoms with Crippen molar-refractivity contribution in [3.05, 3.63) is 47.5 Å². The number of rotatable bonds is 2. The van der Waals surface area contributed by atoms with Gasteiger partial charge in [-0.15, -0.1) is 0 Å². The molecule has 1 amide bonds. The normalized spacial score (nSPS) is 17.3. The van der Waals surface area contributed by atoms with E-state index in [1.165, 1.54) is 5.57 Å². The molecule has 1 aromatic carbocycles. The number of benzene rings is 1. The highest BCUT2D eigenvalue weighted by molar-refractivity contribution is 6.00. The SMILES string of the molecule is CC1=CC(=NNC(=O)c2ccccc2)CC1. The summed E-state index contributed by atoms with van der Waals surface area (Å²) in [5.74, 6) is -0.161. The van der Waals surface area contributed by atoms with Gasteiger partial charge in [0.15, 0.2) is 0 Å². The van der Waals surface area contributed by atoms with Crippen LogP contribution in [0.15, 0.2) is 47.1 Å². The van der Waals surface area contributed by atoms with Crippen molar-refractivity contribution in [2.75, 3.05) is 0 Å². The van der Waals surface area contributed by atoms with E-state index in [4.69, 9.17) is 0 Å². The molecule has 1 aromatic rings. The maximum Gasteiger partial charge on any atom is 0.271 e. The number of hydrogen-bond acceptors (Lipinski definition) is 2. The van der Waals surface area contributed by atoms with Gasteiger partial charge in [-0.05, 0) is 38.0 Å². The first-order chi connectivity index (χ1) is 7.75. The zero-order chi connectivity index (χ0) is 11.4. The average molecular weight is 214 g/mol. The predicted octanol–water partition coefficient (Wildman–Crippen LogP) is 2.51. The molecule has 0 fully saturated rings. The second-order valence-electron chi connectivity index (χ2n) is 3.90. The second kappa shape index (κ2) is 4.75. The summed E-state index contributed by atoms with van der Waals surface area (Å²) in [6.45, 7) is 2.07. The standard InChI is InChI=1S/C13H14N2O/c1-10-7-8-12(9-10)14-15-13(16)11-5-3-2-4-6-11/h2-6,9H,7-8H2,1H3,(H,15,16). The monoisotopic (exact) mass is 214 g/mol. The summed E-state index contributed by atoms with van der Waals surface area (Å²) >= 11 is 0. The van der Waals surface area contributed by atoms with Gasteiger partial charge in [-0.2, -0.15) is 5.10 Å². The van der Waals surface area contributed by atoms with Crippen LogP contribution in [0.3, 0.4) is 0 Å². The molecular formula is C13H14N2O. The summed E-state index contributed by atoms with van der Waals surface area (Å²) in [5, 5.41) is 4.09. The van der Waals surface area contributed by atoms with E-state index in [0.29, 0.717) is 5.56 Å². The Bertz CT molecular complexity index is 446. The van der Waals surface area contributed by atoms with Gasteiger partial charge in [-0.3, -0.25) is 4.79 Å². The Labute approximate surface area is 94.9 Å². The zero-order valence-corrected chi connectivity index (χ0v) is 9.23. The quantitative estimate of drug-likeness (QED) is 0.755. The minimum Gasteiger partial charge on any atom is -0.267 e. The largest absolute Gasteiger partial charge is 0.271 e. The van der Waals surface area contributed by atoms with E-state index < -0.39 is 0 Å². The molecule has 0 bridgehead atoms. The molecule has 0 saturated carbocycles. The molecule has 3 nitrogen and oxygen atoms in total. The fraction of sp³-hybridized carbons (Fsp3) is 0.231. The van der Waals surface area contributed by atoms with E-state index in [2.05, 4.69) is 17.5 Å². The number of amides is 1. The molecule has 0 heterocycles. The summed E-state index contributed by atoms with van der Waals surface area (Å²) in [7, 11) is 0. The Balaban J connectivity index is 1.99. The molecule has 0 unspecified atom stereocenters. The molecule has 82 valence electrons. The fourth-order valence-electron chi connectivity index (χ4n) is 1.62. The lowest BCUT2D eigenvalue weighted by atomic mass is 10.2. The smallest absolute Gasteiger partial charge is 0.267 e. The summed E-state index contributed by atoms with van der Waals surface area (Å²) in [6, 6.07) is 9.09. The molecular weight excluding hydrogens is 200 g/mol. The fourth-order valence-corrected chi connectivity index (χ4v) is 1.62. The maximum atomic E-state index is 11.6. The van der Waals surface area contributed by atoms with E-state index >= 15 is 0 Å². The van der Waals surface area contributed by atoms with Crippen LogP contribution in [0.25, 0.3) is 0 Å². The van der Waals surface area contributed by atoms with E-state index in [1.54, 1.807) is 12.1 Å². The molecule has 16 heavy (non-hydrogen) atoms. The van der Waals surface area contributed by atoms with Crippen molar-refractivity contribution in [2.45, 2.75) is 19.8 Å². The van der Waals surface area contributed by atoms with E-state index in [0.717, 1.165) is 18.6 Å². The summed E-state index contributed by atoms with van der Waals surface area (Å²) in [6.07, 6.45) is 3.98. The maximum absolute atomic E-state index is 11.6. The minimum absolute atomic E-state index is 0.161. The number of hydrogen-bond donors (Lipinski definition) is 1. The third kappa shape index (κ3) is 2.57. The zero-order valence-electron chi connectivity index (χ0n) is 9.23. The third-order valence-corrected chi connectivity index (χ3v) is 2.53. The topological polar surface area (TPSA) is 41.5 Å². The molecule has 0 aliphatic heterocycles.